The molecule has 0 aliphatic carbocycles. The summed E-state index contributed by atoms with van der Waals surface area (Å²) in [6.45, 7) is 6.34. The highest BCUT2D eigenvalue weighted by molar-refractivity contribution is 5.90. The summed E-state index contributed by atoms with van der Waals surface area (Å²) >= 11 is 0. The highest BCUT2D eigenvalue weighted by Crippen LogP contribution is 2.38. The molecule has 0 aliphatic heterocycles. The minimum Gasteiger partial charge on any atom is -0.461 e. The molecule has 5 nitrogen and oxygen atoms in total. The lowest BCUT2D eigenvalue weighted by Crippen LogP contribution is -2.25. The molecular formula is C11H16F3N3O2. The number of aromatic nitrogens is 2. The van der Waals surface area contributed by atoms with E-state index >= 15 is 0 Å². The number of nitrogens with two attached hydrogens (primary N) is 1. The quantitative estimate of drug-likeness (QED) is 0.844. The molecule has 0 atom stereocenters. The molecule has 0 bridgehead atoms. The number of hydrogen-bond acceptors (Lipinski definition) is 4. The fraction of sp³-hybridized carbons (Fsp3) is 0.636. The summed E-state index contributed by atoms with van der Waals surface area (Å²) in [4.78, 5) is 11.6. The Bertz CT molecular complexity index is 487. The monoisotopic (exact) mass is 279 g/mol. The lowest BCUT2D eigenvalue weighted by atomic mass is 10.1. The van der Waals surface area contributed by atoms with Crippen molar-refractivity contribution in [1.29, 1.82) is 0 Å². The van der Waals surface area contributed by atoms with Gasteiger partial charge in [0.15, 0.2) is 5.69 Å². The van der Waals surface area contributed by atoms with Gasteiger partial charge in [-0.1, -0.05) is 0 Å². The van der Waals surface area contributed by atoms with Crippen LogP contribution in [0.2, 0.25) is 0 Å². The van der Waals surface area contributed by atoms with Gasteiger partial charge in [0.25, 0.3) is 0 Å². The van der Waals surface area contributed by atoms with Crippen LogP contribution in [0.4, 0.5) is 19.0 Å². The van der Waals surface area contributed by atoms with Crippen molar-refractivity contribution in [2.75, 3.05) is 12.3 Å². The average Bonchev–Trinajstić information content (AvgIpc) is 2.55. The lowest BCUT2D eigenvalue weighted by molar-refractivity contribution is -0.137. The van der Waals surface area contributed by atoms with Crippen LogP contribution in [0.1, 0.15) is 43.7 Å². The van der Waals surface area contributed by atoms with Crippen molar-refractivity contribution < 1.29 is 22.7 Å². The van der Waals surface area contributed by atoms with Crippen LogP contribution in [0.15, 0.2) is 0 Å². The van der Waals surface area contributed by atoms with Crippen LogP contribution in [-0.2, 0) is 16.5 Å². The molecule has 8 heteroatoms. The molecule has 0 saturated carbocycles. The summed E-state index contributed by atoms with van der Waals surface area (Å²) < 4.78 is 44.5. The summed E-state index contributed by atoms with van der Waals surface area (Å²) in [5.41, 5.74) is 2.65. The molecule has 19 heavy (non-hydrogen) atoms. The van der Waals surface area contributed by atoms with Gasteiger partial charge in [0, 0.05) is 0 Å². The summed E-state index contributed by atoms with van der Waals surface area (Å²) in [5.74, 6) is -1.73. The summed E-state index contributed by atoms with van der Waals surface area (Å²) in [7, 11) is 0. The molecule has 1 heterocycles. The van der Waals surface area contributed by atoms with Gasteiger partial charge >= 0.3 is 12.1 Å². The van der Waals surface area contributed by atoms with Gasteiger partial charge in [-0.25, -0.2) is 9.48 Å². The second-order valence-corrected chi connectivity index (χ2v) is 4.91. The van der Waals surface area contributed by atoms with E-state index in [1.807, 2.05) is 0 Å². The molecule has 0 aromatic carbocycles. The smallest absolute Gasteiger partial charge is 0.422 e. The first-order chi connectivity index (χ1) is 8.50. The number of ether oxygens (including phenoxy) is 1. The highest BCUT2D eigenvalue weighted by atomic mass is 19.4. The van der Waals surface area contributed by atoms with Crippen LogP contribution in [-0.4, -0.2) is 22.4 Å². The van der Waals surface area contributed by atoms with Gasteiger partial charge in [-0.2, -0.15) is 18.3 Å². The maximum absolute atomic E-state index is 13.0. The normalized spacial score (nSPS) is 12.6. The molecule has 0 unspecified atom stereocenters. The summed E-state index contributed by atoms with van der Waals surface area (Å²) in [5, 5.41) is 3.66. The largest absolute Gasteiger partial charge is 0.461 e. The van der Waals surface area contributed by atoms with Gasteiger partial charge < -0.3 is 10.5 Å². The first-order valence-corrected chi connectivity index (χ1v) is 5.63. The van der Waals surface area contributed by atoms with E-state index < -0.39 is 34.8 Å². The fourth-order valence-electron chi connectivity index (χ4n) is 1.56. The van der Waals surface area contributed by atoms with Crippen LogP contribution in [0.25, 0.3) is 0 Å². The zero-order chi connectivity index (χ0) is 15.0. The van der Waals surface area contributed by atoms with Crippen LogP contribution < -0.4 is 5.73 Å². The van der Waals surface area contributed by atoms with E-state index in [2.05, 4.69) is 9.84 Å². The standard InChI is InChI=1S/C11H16F3N3O2/c1-5-19-9(18)7-6(11(12,13)14)8(15)17(16-7)10(2,3)4/h5,15H2,1-4H3. The van der Waals surface area contributed by atoms with Crippen molar-refractivity contribution in [1.82, 2.24) is 9.78 Å². The topological polar surface area (TPSA) is 70.1 Å². The van der Waals surface area contributed by atoms with E-state index in [9.17, 15) is 18.0 Å². The molecule has 0 aliphatic rings. The van der Waals surface area contributed by atoms with Crippen molar-refractivity contribution >= 4 is 11.8 Å². The summed E-state index contributed by atoms with van der Waals surface area (Å²) in [6.07, 6.45) is -4.77. The van der Waals surface area contributed by atoms with E-state index in [4.69, 9.17) is 5.73 Å². The van der Waals surface area contributed by atoms with Crippen molar-refractivity contribution in [3.8, 4) is 0 Å². The first kappa shape index (κ1) is 15.3. The number of nitrogens with zero attached hydrogens (tertiary/aromatic N) is 2. The van der Waals surface area contributed by atoms with Gasteiger partial charge in [-0.3, -0.25) is 0 Å². The molecule has 2 N–H and O–H groups in total. The van der Waals surface area contributed by atoms with Gasteiger partial charge in [0.2, 0.25) is 0 Å². The molecule has 1 aromatic heterocycles. The Balaban J connectivity index is 3.50. The molecular weight excluding hydrogens is 263 g/mol. The Kier molecular flexibility index (Phi) is 3.83. The number of alkyl halides is 3. The second-order valence-electron chi connectivity index (χ2n) is 4.91. The minimum atomic E-state index is -4.77. The molecule has 0 radical (unpaired) electrons. The predicted octanol–water partition coefficient (Wildman–Crippen LogP) is 2.42. The van der Waals surface area contributed by atoms with Crippen molar-refractivity contribution in [2.24, 2.45) is 0 Å². The van der Waals surface area contributed by atoms with E-state index in [-0.39, 0.29) is 6.61 Å². The number of nitrogen functional groups attached to an aromatic ring is 1. The molecule has 1 rings (SSSR count). The molecule has 0 spiro atoms. The SMILES string of the molecule is CCOC(=O)c1nn(C(C)(C)C)c(N)c1C(F)(F)F. The van der Waals surface area contributed by atoms with Crippen LogP contribution in [0.5, 0.6) is 0 Å². The number of anilines is 1. The number of halogens is 3. The van der Waals surface area contributed by atoms with Gasteiger partial charge in [0.05, 0.1) is 12.1 Å². The molecule has 0 fully saturated rings. The number of rotatable bonds is 2. The zero-order valence-corrected chi connectivity index (χ0v) is 11.1. The number of carbonyl (C=O) groups is 1. The Morgan fingerprint density at radius 1 is 1.37 bits per heavy atom. The first-order valence-electron chi connectivity index (χ1n) is 5.63. The van der Waals surface area contributed by atoms with Crippen molar-refractivity contribution in [3.05, 3.63) is 11.3 Å². The van der Waals surface area contributed by atoms with E-state index in [0.29, 0.717) is 0 Å². The van der Waals surface area contributed by atoms with Crippen LogP contribution >= 0.6 is 0 Å². The third-order valence-corrected chi connectivity index (χ3v) is 2.31. The molecule has 0 amide bonds. The van der Waals surface area contributed by atoms with Gasteiger partial charge in [0.1, 0.15) is 11.4 Å². The third kappa shape index (κ3) is 2.99. The predicted molar refractivity (Wildman–Crippen MR) is 62.6 cm³/mol. The van der Waals surface area contributed by atoms with Crippen molar-refractivity contribution in [2.45, 2.75) is 39.4 Å². The number of carbonyl (C=O) groups excluding carboxylic acids is 1. The third-order valence-electron chi connectivity index (χ3n) is 2.31. The number of hydrogen-bond donors (Lipinski definition) is 1. The van der Waals surface area contributed by atoms with E-state index in [1.54, 1.807) is 20.8 Å². The average molecular weight is 279 g/mol. The fourth-order valence-corrected chi connectivity index (χ4v) is 1.56. The maximum atomic E-state index is 13.0. The molecule has 108 valence electrons. The van der Waals surface area contributed by atoms with Crippen molar-refractivity contribution in [3.63, 3.8) is 0 Å². The Labute approximate surface area is 108 Å². The Morgan fingerprint density at radius 3 is 2.26 bits per heavy atom. The number of esters is 1. The van der Waals surface area contributed by atoms with E-state index in [0.717, 1.165) is 4.68 Å². The molecule has 1 aromatic rings. The Hall–Kier alpha value is -1.73. The Morgan fingerprint density at radius 2 is 1.89 bits per heavy atom. The van der Waals surface area contributed by atoms with Crippen LogP contribution in [0, 0.1) is 0 Å². The highest BCUT2D eigenvalue weighted by Gasteiger charge is 2.43. The zero-order valence-electron chi connectivity index (χ0n) is 11.1. The van der Waals surface area contributed by atoms with Crippen LogP contribution in [0.3, 0.4) is 0 Å². The minimum absolute atomic E-state index is 0.0432. The summed E-state index contributed by atoms with van der Waals surface area (Å²) in [6, 6.07) is 0. The van der Waals surface area contributed by atoms with Gasteiger partial charge in [-0.05, 0) is 27.7 Å². The second kappa shape index (κ2) is 4.75. The lowest BCUT2D eigenvalue weighted by Gasteiger charge is -2.21. The van der Waals surface area contributed by atoms with E-state index in [1.165, 1.54) is 6.92 Å². The van der Waals surface area contributed by atoms with Gasteiger partial charge in [-0.15, -0.1) is 0 Å². The molecule has 0 saturated heterocycles. The maximum Gasteiger partial charge on any atom is 0.422 e.